The minimum absolute atomic E-state index is 0.203. The average molecular weight is 351 g/mol. The number of hydrogen-bond donors (Lipinski definition) is 2. The smallest absolute Gasteiger partial charge is 0.272 e. The number of nitrogens with zero attached hydrogens (tertiary/aromatic N) is 5. The van der Waals surface area contributed by atoms with Crippen molar-refractivity contribution < 1.29 is 4.79 Å². The predicted octanol–water partition coefficient (Wildman–Crippen LogP) is 1.43. The first-order valence-electron chi connectivity index (χ1n) is 8.69. The van der Waals surface area contributed by atoms with Crippen LogP contribution < -0.4 is 5.32 Å². The molecule has 0 saturated heterocycles. The maximum atomic E-state index is 12.4. The molecular weight excluding hydrogens is 330 g/mol. The number of rotatable bonds is 4. The van der Waals surface area contributed by atoms with Gasteiger partial charge in [0.25, 0.3) is 5.91 Å². The number of amides is 1. The average Bonchev–Trinajstić information content (AvgIpc) is 3.24. The minimum Gasteiger partial charge on any atom is -0.343 e. The Kier molecular flexibility index (Phi) is 4.49. The maximum absolute atomic E-state index is 12.4. The van der Waals surface area contributed by atoms with Crippen molar-refractivity contribution >= 4 is 5.91 Å². The molecule has 1 aliphatic rings. The number of nitrogens with one attached hydrogen (secondary N) is 2. The molecular formula is C18H21N7O. The zero-order chi connectivity index (χ0) is 17.9. The second kappa shape index (κ2) is 7.09. The van der Waals surface area contributed by atoms with Crippen molar-refractivity contribution in [3.8, 4) is 11.4 Å². The molecule has 1 aromatic carbocycles. The fourth-order valence-corrected chi connectivity index (χ4v) is 3.08. The maximum Gasteiger partial charge on any atom is 0.272 e. The molecule has 26 heavy (non-hydrogen) atoms. The van der Waals surface area contributed by atoms with E-state index in [1.54, 1.807) is 0 Å². The van der Waals surface area contributed by atoms with Gasteiger partial charge in [-0.3, -0.25) is 14.6 Å². The summed E-state index contributed by atoms with van der Waals surface area (Å²) in [5.74, 6) is 1.02. The van der Waals surface area contributed by atoms with Crippen molar-refractivity contribution in [3.63, 3.8) is 0 Å². The third-order valence-electron chi connectivity index (χ3n) is 4.42. The lowest BCUT2D eigenvalue weighted by Gasteiger charge is -2.10. The fourth-order valence-electron chi connectivity index (χ4n) is 3.08. The van der Waals surface area contributed by atoms with Gasteiger partial charge in [-0.25, -0.2) is 4.98 Å². The lowest BCUT2D eigenvalue weighted by Crippen LogP contribution is -2.24. The van der Waals surface area contributed by atoms with E-state index in [4.69, 9.17) is 0 Å². The lowest BCUT2D eigenvalue weighted by molar-refractivity contribution is 0.0944. The Bertz CT molecular complexity index is 899. The summed E-state index contributed by atoms with van der Waals surface area (Å²) in [6.07, 6.45) is 1.03. The molecule has 0 saturated carbocycles. The standard InChI is InChI=1S/C18H21N7O/c1-24-8-5-9-25-14(12-24)10-15(23-25)18(26)19-11-16-20-17(22-21-16)13-6-3-2-4-7-13/h2-4,6-7,10H,5,8-9,11-12H2,1H3,(H,19,26)(H,20,21,22). The van der Waals surface area contributed by atoms with Gasteiger partial charge in [0.2, 0.25) is 0 Å². The van der Waals surface area contributed by atoms with E-state index in [0.29, 0.717) is 17.3 Å². The highest BCUT2D eigenvalue weighted by atomic mass is 16.1. The van der Waals surface area contributed by atoms with Gasteiger partial charge >= 0.3 is 0 Å². The Morgan fingerprint density at radius 3 is 2.96 bits per heavy atom. The Labute approximate surface area is 151 Å². The van der Waals surface area contributed by atoms with E-state index in [2.05, 4.69) is 37.5 Å². The van der Waals surface area contributed by atoms with Crippen LogP contribution in [0.1, 0.15) is 28.4 Å². The molecule has 0 bridgehead atoms. The molecule has 3 heterocycles. The van der Waals surface area contributed by atoms with Crippen LogP contribution in [0.4, 0.5) is 0 Å². The van der Waals surface area contributed by atoms with E-state index in [-0.39, 0.29) is 12.5 Å². The molecule has 8 heteroatoms. The van der Waals surface area contributed by atoms with Crippen molar-refractivity contribution in [2.24, 2.45) is 0 Å². The molecule has 2 N–H and O–H groups in total. The van der Waals surface area contributed by atoms with Crippen molar-refractivity contribution in [2.75, 3.05) is 13.6 Å². The molecule has 134 valence electrons. The summed E-state index contributed by atoms with van der Waals surface area (Å²) in [6, 6.07) is 11.6. The van der Waals surface area contributed by atoms with Crippen LogP contribution in [0, 0.1) is 0 Å². The van der Waals surface area contributed by atoms with E-state index < -0.39 is 0 Å². The summed E-state index contributed by atoms with van der Waals surface area (Å²) in [4.78, 5) is 19.1. The van der Waals surface area contributed by atoms with Gasteiger partial charge in [-0.15, -0.1) is 0 Å². The fraction of sp³-hybridized carbons (Fsp3) is 0.333. The summed E-state index contributed by atoms with van der Waals surface area (Å²) >= 11 is 0. The first-order chi connectivity index (χ1) is 12.7. The number of carbonyl (C=O) groups is 1. The Morgan fingerprint density at radius 2 is 2.12 bits per heavy atom. The van der Waals surface area contributed by atoms with Crippen LogP contribution in [0.2, 0.25) is 0 Å². The van der Waals surface area contributed by atoms with E-state index >= 15 is 0 Å². The molecule has 0 radical (unpaired) electrons. The van der Waals surface area contributed by atoms with Crippen molar-refractivity contribution in [2.45, 2.75) is 26.1 Å². The van der Waals surface area contributed by atoms with Crippen molar-refractivity contribution in [1.29, 1.82) is 0 Å². The number of hydrogen-bond acceptors (Lipinski definition) is 5. The van der Waals surface area contributed by atoms with Gasteiger partial charge in [0.1, 0.15) is 5.82 Å². The monoisotopic (exact) mass is 351 g/mol. The molecule has 1 amide bonds. The van der Waals surface area contributed by atoms with Crippen LogP contribution in [0.25, 0.3) is 11.4 Å². The van der Waals surface area contributed by atoms with Crippen LogP contribution in [0.15, 0.2) is 36.4 Å². The Balaban J connectivity index is 1.40. The highest BCUT2D eigenvalue weighted by molar-refractivity contribution is 5.92. The molecule has 4 rings (SSSR count). The van der Waals surface area contributed by atoms with Crippen molar-refractivity contribution in [1.82, 2.24) is 35.2 Å². The van der Waals surface area contributed by atoms with Crippen LogP contribution in [0.5, 0.6) is 0 Å². The summed E-state index contributed by atoms with van der Waals surface area (Å²) in [7, 11) is 2.08. The molecule has 0 aliphatic carbocycles. The van der Waals surface area contributed by atoms with E-state index in [0.717, 1.165) is 37.3 Å². The van der Waals surface area contributed by atoms with Gasteiger partial charge in [0.15, 0.2) is 11.5 Å². The number of aromatic amines is 1. The van der Waals surface area contributed by atoms with Gasteiger partial charge in [0.05, 0.1) is 12.2 Å². The first kappa shape index (κ1) is 16.5. The van der Waals surface area contributed by atoms with E-state index in [1.807, 2.05) is 41.1 Å². The minimum atomic E-state index is -0.203. The number of H-pyrrole nitrogens is 1. The highest BCUT2D eigenvalue weighted by Gasteiger charge is 2.18. The van der Waals surface area contributed by atoms with Gasteiger partial charge < -0.3 is 10.2 Å². The third-order valence-corrected chi connectivity index (χ3v) is 4.42. The molecule has 3 aromatic rings. The van der Waals surface area contributed by atoms with Crippen molar-refractivity contribution in [3.05, 3.63) is 53.6 Å². The molecule has 0 atom stereocenters. The molecule has 2 aromatic heterocycles. The zero-order valence-electron chi connectivity index (χ0n) is 14.6. The predicted molar refractivity (Wildman–Crippen MR) is 96.2 cm³/mol. The summed E-state index contributed by atoms with van der Waals surface area (Å²) in [5, 5.41) is 14.4. The second-order valence-electron chi connectivity index (χ2n) is 6.49. The molecule has 0 fully saturated rings. The number of carbonyl (C=O) groups excluding carboxylic acids is 1. The summed E-state index contributed by atoms with van der Waals surface area (Å²) in [6.45, 7) is 2.97. The van der Waals surface area contributed by atoms with E-state index in [1.165, 1.54) is 0 Å². The Morgan fingerprint density at radius 1 is 1.27 bits per heavy atom. The van der Waals surface area contributed by atoms with Crippen LogP contribution in [0.3, 0.4) is 0 Å². The number of aryl methyl sites for hydroxylation is 1. The Hall–Kier alpha value is -3.00. The number of fused-ring (bicyclic) bond motifs is 1. The van der Waals surface area contributed by atoms with Crippen LogP contribution >= 0.6 is 0 Å². The first-order valence-corrected chi connectivity index (χ1v) is 8.69. The number of aromatic nitrogens is 5. The second-order valence-corrected chi connectivity index (χ2v) is 6.49. The largest absolute Gasteiger partial charge is 0.343 e. The quantitative estimate of drug-likeness (QED) is 0.742. The highest BCUT2D eigenvalue weighted by Crippen LogP contribution is 2.14. The van der Waals surface area contributed by atoms with Crippen LogP contribution in [-0.2, 0) is 19.6 Å². The zero-order valence-corrected chi connectivity index (χ0v) is 14.6. The van der Waals surface area contributed by atoms with Crippen LogP contribution in [-0.4, -0.2) is 49.4 Å². The topological polar surface area (TPSA) is 91.7 Å². The lowest BCUT2D eigenvalue weighted by atomic mass is 10.2. The van der Waals surface area contributed by atoms with Gasteiger partial charge in [-0.1, -0.05) is 30.3 Å². The van der Waals surface area contributed by atoms with Gasteiger partial charge in [-0.05, 0) is 19.5 Å². The molecule has 8 nitrogen and oxygen atoms in total. The van der Waals surface area contributed by atoms with E-state index in [9.17, 15) is 4.79 Å². The summed E-state index contributed by atoms with van der Waals surface area (Å²) < 4.78 is 1.93. The third kappa shape index (κ3) is 3.50. The number of benzene rings is 1. The molecule has 1 aliphatic heterocycles. The van der Waals surface area contributed by atoms with Gasteiger partial charge in [-0.2, -0.15) is 10.2 Å². The molecule has 0 spiro atoms. The summed E-state index contributed by atoms with van der Waals surface area (Å²) in [5.41, 5.74) is 2.45. The molecule has 0 unspecified atom stereocenters. The SMILES string of the molecule is CN1CCCn2nc(C(=O)NCc3nc(-c4ccccc4)n[nH]3)cc2C1. The normalized spacial score (nSPS) is 14.7. The van der Waals surface area contributed by atoms with Gasteiger partial charge in [0, 0.05) is 25.2 Å².